The summed E-state index contributed by atoms with van der Waals surface area (Å²) >= 11 is 1.41. The van der Waals surface area contributed by atoms with Gasteiger partial charge in [-0.15, -0.1) is 11.3 Å². The maximum Gasteiger partial charge on any atom is 0.358 e. The second-order valence-electron chi connectivity index (χ2n) is 4.10. The largest absolute Gasteiger partial charge is 0.461 e. The van der Waals surface area contributed by atoms with E-state index >= 15 is 0 Å². The highest BCUT2D eigenvalue weighted by Crippen LogP contribution is 2.30. The van der Waals surface area contributed by atoms with Gasteiger partial charge in [0.2, 0.25) is 0 Å². The molecule has 0 aliphatic carbocycles. The van der Waals surface area contributed by atoms with Gasteiger partial charge in [-0.2, -0.15) is 0 Å². The molecule has 0 saturated carbocycles. The van der Waals surface area contributed by atoms with E-state index in [2.05, 4.69) is 4.98 Å². The third-order valence-electron chi connectivity index (χ3n) is 2.68. The van der Waals surface area contributed by atoms with Crippen molar-refractivity contribution in [1.29, 1.82) is 0 Å². The molecule has 0 N–H and O–H groups in total. The van der Waals surface area contributed by atoms with Crippen molar-refractivity contribution in [2.75, 3.05) is 6.61 Å². The maximum absolute atomic E-state index is 13.1. The van der Waals surface area contributed by atoms with E-state index < -0.39 is 5.97 Å². The summed E-state index contributed by atoms with van der Waals surface area (Å²) in [6.45, 7) is 5.72. The van der Waals surface area contributed by atoms with Crippen LogP contribution in [-0.4, -0.2) is 17.6 Å². The predicted octanol–water partition coefficient (Wildman–Crippen LogP) is 3.74. The number of benzene rings is 1. The molecule has 1 heterocycles. The highest BCUT2D eigenvalue weighted by atomic mass is 32.1. The monoisotopic (exact) mass is 279 g/mol. The third-order valence-corrected chi connectivity index (χ3v) is 3.69. The average Bonchev–Trinajstić information content (AvgIpc) is 2.71. The summed E-state index contributed by atoms with van der Waals surface area (Å²) in [5.74, 6) is -0.692. The van der Waals surface area contributed by atoms with Crippen LogP contribution in [0.3, 0.4) is 0 Å². The molecule has 0 aliphatic rings. The van der Waals surface area contributed by atoms with E-state index in [4.69, 9.17) is 4.74 Å². The van der Waals surface area contributed by atoms with E-state index in [0.29, 0.717) is 17.3 Å². The lowest BCUT2D eigenvalue weighted by molar-refractivity contribution is 0.0519. The molecule has 19 heavy (non-hydrogen) atoms. The van der Waals surface area contributed by atoms with Gasteiger partial charge in [-0.25, -0.2) is 14.2 Å². The van der Waals surface area contributed by atoms with Crippen LogP contribution in [-0.2, 0) is 4.74 Å². The van der Waals surface area contributed by atoms with Gasteiger partial charge in [0, 0.05) is 10.4 Å². The zero-order valence-electron chi connectivity index (χ0n) is 11.0. The zero-order chi connectivity index (χ0) is 14.0. The SMILES string of the molecule is CCOC(=O)c1nc(-c2ccc(F)cc2C)sc1C. The van der Waals surface area contributed by atoms with E-state index in [1.54, 1.807) is 13.0 Å². The molecule has 0 unspecified atom stereocenters. The molecule has 2 rings (SSSR count). The van der Waals surface area contributed by atoms with Crippen molar-refractivity contribution in [2.45, 2.75) is 20.8 Å². The van der Waals surface area contributed by atoms with Crippen molar-refractivity contribution >= 4 is 17.3 Å². The number of ether oxygens (including phenoxy) is 1. The second kappa shape index (κ2) is 5.48. The highest BCUT2D eigenvalue weighted by Gasteiger charge is 2.18. The first kappa shape index (κ1) is 13.7. The molecule has 100 valence electrons. The summed E-state index contributed by atoms with van der Waals surface area (Å²) < 4.78 is 18.0. The first-order valence-electron chi connectivity index (χ1n) is 5.94. The van der Waals surface area contributed by atoms with Crippen LogP contribution in [0.1, 0.15) is 27.9 Å². The van der Waals surface area contributed by atoms with Crippen LogP contribution in [0.5, 0.6) is 0 Å². The zero-order valence-corrected chi connectivity index (χ0v) is 11.8. The Hall–Kier alpha value is -1.75. The van der Waals surface area contributed by atoms with Crippen LogP contribution < -0.4 is 0 Å². The number of nitrogens with zero attached hydrogens (tertiary/aromatic N) is 1. The van der Waals surface area contributed by atoms with E-state index in [0.717, 1.165) is 16.0 Å². The Morgan fingerprint density at radius 2 is 2.16 bits per heavy atom. The summed E-state index contributed by atoms with van der Waals surface area (Å²) in [7, 11) is 0. The fourth-order valence-corrected chi connectivity index (χ4v) is 2.76. The molecule has 0 bridgehead atoms. The number of aromatic nitrogens is 1. The fraction of sp³-hybridized carbons (Fsp3) is 0.286. The van der Waals surface area contributed by atoms with Crippen molar-refractivity contribution in [3.05, 3.63) is 40.2 Å². The summed E-state index contributed by atoms with van der Waals surface area (Å²) in [5, 5.41) is 0.707. The second-order valence-corrected chi connectivity index (χ2v) is 5.31. The quantitative estimate of drug-likeness (QED) is 0.803. The minimum absolute atomic E-state index is 0.278. The van der Waals surface area contributed by atoms with E-state index in [9.17, 15) is 9.18 Å². The number of rotatable bonds is 3. The molecule has 0 saturated heterocycles. The highest BCUT2D eigenvalue weighted by molar-refractivity contribution is 7.15. The Kier molecular flexibility index (Phi) is 3.95. The number of esters is 1. The molecule has 0 spiro atoms. The molecule has 0 fully saturated rings. The summed E-state index contributed by atoms with van der Waals surface area (Å²) in [4.78, 5) is 16.8. The molecule has 5 heteroatoms. The van der Waals surface area contributed by atoms with Crippen LogP contribution in [0.15, 0.2) is 18.2 Å². The Bertz CT molecular complexity index is 622. The molecule has 0 aliphatic heterocycles. The van der Waals surface area contributed by atoms with Gasteiger partial charge < -0.3 is 4.74 Å². The standard InChI is InChI=1S/C14H14FNO2S/c1-4-18-14(17)12-9(3)19-13(16-12)11-6-5-10(15)7-8(11)2/h5-7H,4H2,1-3H3. The van der Waals surface area contributed by atoms with Crippen molar-refractivity contribution in [1.82, 2.24) is 4.98 Å². The molecular formula is C14H14FNO2S. The van der Waals surface area contributed by atoms with Crippen LogP contribution in [0.2, 0.25) is 0 Å². The number of aryl methyl sites for hydroxylation is 2. The molecule has 2 aromatic rings. The first-order valence-corrected chi connectivity index (χ1v) is 6.75. The Balaban J connectivity index is 2.42. The first-order chi connectivity index (χ1) is 9.02. The molecule has 1 aromatic heterocycles. The van der Waals surface area contributed by atoms with E-state index in [1.165, 1.54) is 23.5 Å². The van der Waals surface area contributed by atoms with Gasteiger partial charge in [-0.1, -0.05) is 0 Å². The van der Waals surface area contributed by atoms with Gasteiger partial charge >= 0.3 is 5.97 Å². The molecule has 0 radical (unpaired) electrons. The molecule has 3 nitrogen and oxygen atoms in total. The third kappa shape index (κ3) is 2.81. The van der Waals surface area contributed by atoms with Crippen molar-refractivity contribution < 1.29 is 13.9 Å². The maximum atomic E-state index is 13.1. The number of carbonyl (C=O) groups is 1. The lowest BCUT2D eigenvalue weighted by atomic mass is 10.1. The lowest BCUT2D eigenvalue weighted by Crippen LogP contribution is -2.06. The Labute approximate surface area is 115 Å². The number of carbonyl (C=O) groups excluding carboxylic acids is 1. The lowest BCUT2D eigenvalue weighted by Gasteiger charge is -2.01. The van der Waals surface area contributed by atoms with Gasteiger partial charge in [0.15, 0.2) is 5.69 Å². The van der Waals surface area contributed by atoms with Crippen LogP contribution >= 0.6 is 11.3 Å². The van der Waals surface area contributed by atoms with Crippen molar-refractivity contribution in [3.8, 4) is 10.6 Å². The molecule has 0 amide bonds. The summed E-state index contributed by atoms with van der Waals surface area (Å²) in [6, 6.07) is 4.52. The molecule has 0 atom stereocenters. The normalized spacial score (nSPS) is 10.5. The van der Waals surface area contributed by atoms with Crippen LogP contribution in [0.4, 0.5) is 4.39 Å². The van der Waals surface area contributed by atoms with Gasteiger partial charge in [0.1, 0.15) is 10.8 Å². The van der Waals surface area contributed by atoms with Crippen LogP contribution in [0, 0.1) is 19.7 Å². The van der Waals surface area contributed by atoms with Crippen molar-refractivity contribution in [3.63, 3.8) is 0 Å². The fourth-order valence-electron chi connectivity index (χ4n) is 1.77. The average molecular weight is 279 g/mol. The number of thiazole rings is 1. The van der Waals surface area contributed by atoms with E-state index in [-0.39, 0.29) is 5.82 Å². The topological polar surface area (TPSA) is 39.2 Å². The summed E-state index contributed by atoms with van der Waals surface area (Å²) in [5.41, 5.74) is 1.97. The van der Waals surface area contributed by atoms with Gasteiger partial charge in [0.05, 0.1) is 6.61 Å². The number of hydrogen-bond donors (Lipinski definition) is 0. The van der Waals surface area contributed by atoms with Gasteiger partial charge in [0.25, 0.3) is 0 Å². The van der Waals surface area contributed by atoms with Gasteiger partial charge in [-0.05, 0) is 44.5 Å². The molecule has 1 aromatic carbocycles. The Morgan fingerprint density at radius 1 is 1.42 bits per heavy atom. The summed E-state index contributed by atoms with van der Waals surface area (Å²) in [6.07, 6.45) is 0. The predicted molar refractivity (Wildman–Crippen MR) is 72.9 cm³/mol. The van der Waals surface area contributed by atoms with Crippen molar-refractivity contribution in [2.24, 2.45) is 0 Å². The number of hydrogen-bond acceptors (Lipinski definition) is 4. The van der Waals surface area contributed by atoms with E-state index in [1.807, 2.05) is 13.8 Å². The van der Waals surface area contributed by atoms with Crippen LogP contribution in [0.25, 0.3) is 10.6 Å². The minimum Gasteiger partial charge on any atom is -0.461 e. The minimum atomic E-state index is -0.415. The number of halogens is 1. The Morgan fingerprint density at radius 3 is 2.79 bits per heavy atom. The molecular weight excluding hydrogens is 265 g/mol. The van der Waals surface area contributed by atoms with Gasteiger partial charge in [-0.3, -0.25) is 0 Å². The smallest absolute Gasteiger partial charge is 0.358 e.